The van der Waals surface area contributed by atoms with Gasteiger partial charge in [0.2, 0.25) is 0 Å². The molecule has 1 aliphatic rings. The number of carbonyl (C=O) groups excluding carboxylic acids is 1. The molecule has 1 aromatic rings. The van der Waals surface area contributed by atoms with E-state index in [4.69, 9.17) is 16.3 Å². The lowest BCUT2D eigenvalue weighted by Gasteiger charge is -2.20. The molecule has 0 N–H and O–H groups in total. The first kappa shape index (κ1) is 15.1. The van der Waals surface area contributed by atoms with Crippen molar-refractivity contribution in [1.29, 1.82) is 0 Å². The molecule has 0 spiro atoms. The Kier molecular flexibility index (Phi) is 4.84. The van der Waals surface area contributed by atoms with Crippen LogP contribution in [0, 0.1) is 0 Å². The second-order valence-corrected chi connectivity index (χ2v) is 5.72. The zero-order valence-corrected chi connectivity index (χ0v) is 12.7. The number of allylic oxidation sites excluding steroid dienone is 1. The maximum atomic E-state index is 11.2. The molecule has 4 heteroatoms. The molecule has 0 saturated heterocycles. The van der Waals surface area contributed by atoms with Crippen LogP contribution in [0.15, 0.2) is 24.8 Å². The van der Waals surface area contributed by atoms with Gasteiger partial charge in [0, 0.05) is 25.9 Å². The van der Waals surface area contributed by atoms with Gasteiger partial charge in [0.1, 0.15) is 5.75 Å². The molecule has 108 valence electrons. The molecule has 2 rings (SSSR count). The standard InChI is InChI=1S/C16H20ClNO2/c1-4-5-13-10-18(3)7-6-12-8-15(17)16(9-14(12)13)20-11(2)19/h4,8-9,13H,1,5-7,10H2,2-3H3. The minimum Gasteiger partial charge on any atom is -0.425 e. The van der Waals surface area contributed by atoms with Gasteiger partial charge in [0.15, 0.2) is 0 Å². The quantitative estimate of drug-likeness (QED) is 0.486. The molecule has 0 saturated carbocycles. The van der Waals surface area contributed by atoms with E-state index in [0.29, 0.717) is 16.7 Å². The van der Waals surface area contributed by atoms with Gasteiger partial charge in [-0.1, -0.05) is 17.7 Å². The summed E-state index contributed by atoms with van der Waals surface area (Å²) in [6.07, 6.45) is 3.80. The van der Waals surface area contributed by atoms with Crippen LogP contribution in [-0.4, -0.2) is 31.0 Å². The first-order chi connectivity index (χ1) is 9.51. The predicted molar refractivity (Wildman–Crippen MR) is 81.5 cm³/mol. The normalized spacial score (nSPS) is 19.1. The van der Waals surface area contributed by atoms with Crippen LogP contribution < -0.4 is 4.74 Å². The molecule has 3 nitrogen and oxygen atoms in total. The Labute approximate surface area is 125 Å². The number of nitrogens with zero attached hydrogens (tertiary/aromatic N) is 1. The fourth-order valence-corrected chi connectivity index (χ4v) is 2.94. The Morgan fingerprint density at radius 3 is 3.00 bits per heavy atom. The van der Waals surface area contributed by atoms with Crippen LogP contribution in [-0.2, 0) is 11.2 Å². The number of benzene rings is 1. The second kappa shape index (κ2) is 6.42. The van der Waals surface area contributed by atoms with Gasteiger partial charge in [-0.3, -0.25) is 4.79 Å². The lowest BCUT2D eigenvalue weighted by molar-refractivity contribution is -0.131. The minimum absolute atomic E-state index is 0.349. The molecule has 1 atom stereocenters. The highest BCUT2D eigenvalue weighted by Crippen LogP contribution is 2.35. The number of esters is 1. The largest absolute Gasteiger partial charge is 0.425 e. The maximum absolute atomic E-state index is 11.2. The fourth-order valence-electron chi connectivity index (χ4n) is 2.72. The van der Waals surface area contributed by atoms with Crippen molar-refractivity contribution in [2.45, 2.75) is 25.7 Å². The topological polar surface area (TPSA) is 29.5 Å². The average molecular weight is 294 g/mol. The molecule has 20 heavy (non-hydrogen) atoms. The zero-order valence-electron chi connectivity index (χ0n) is 12.0. The molecule has 0 radical (unpaired) electrons. The molecular weight excluding hydrogens is 274 g/mol. The molecule has 0 aromatic heterocycles. The van der Waals surface area contributed by atoms with E-state index in [1.54, 1.807) is 0 Å². The van der Waals surface area contributed by atoms with Crippen LogP contribution in [0.3, 0.4) is 0 Å². The van der Waals surface area contributed by atoms with Crippen molar-refractivity contribution in [2.75, 3.05) is 20.1 Å². The summed E-state index contributed by atoms with van der Waals surface area (Å²) in [5, 5.41) is 0.501. The number of fused-ring (bicyclic) bond motifs is 1. The average Bonchev–Trinajstić information content (AvgIpc) is 2.51. The molecule has 0 aliphatic carbocycles. The molecule has 0 fully saturated rings. The molecule has 1 aliphatic heterocycles. The summed E-state index contributed by atoms with van der Waals surface area (Å²) >= 11 is 6.21. The summed E-state index contributed by atoms with van der Waals surface area (Å²) < 4.78 is 5.19. The van der Waals surface area contributed by atoms with Crippen molar-refractivity contribution in [3.8, 4) is 5.75 Å². The number of halogens is 1. The SMILES string of the molecule is C=CCC1CN(C)CCc2cc(Cl)c(OC(C)=O)cc21. The number of hydrogen-bond acceptors (Lipinski definition) is 3. The van der Waals surface area contributed by atoms with E-state index >= 15 is 0 Å². The van der Waals surface area contributed by atoms with Crippen molar-refractivity contribution >= 4 is 17.6 Å². The predicted octanol–water partition coefficient (Wildman–Crippen LogP) is 3.41. The van der Waals surface area contributed by atoms with E-state index in [9.17, 15) is 4.79 Å². The summed E-state index contributed by atoms with van der Waals surface area (Å²) in [5.41, 5.74) is 2.46. The van der Waals surface area contributed by atoms with E-state index in [1.165, 1.54) is 18.1 Å². The Morgan fingerprint density at radius 2 is 2.35 bits per heavy atom. The highest BCUT2D eigenvalue weighted by molar-refractivity contribution is 6.32. The highest BCUT2D eigenvalue weighted by atomic mass is 35.5. The summed E-state index contributed by atoms with van der Waals surface area (Å²) in [6, 6.07) is 3.86. The van der Waals surface area contributed by atoms with Crippen molar-refractivity contribution < 1.29 is 9.53 Å². The molecular formula is C16H20ClNO2. The third-order valence-electron chi connectivity index (χ3n) is 3.63. The summed E-state index contributed by atoms with van der Waals surface area (Å²) in [6.45, 7) is 7.20. The monoisotopic (exact) mass is 293 g/mol. The van der Waals surface area contributed by atoms with Gasteiger partial charge in [-0.15, -0.1) is 6.58 Å². The van der Waals surface area contributed by atoms with Crippen molar-refractivity contribution in [3.05, 3.63) is 40.9 Å². The fraction of sp³-hybridized carbons (Fsp3) is 0.438. The van der Waals surface area contributed by atoms with Gasteiger partial charge in [-0.25, -0.2) is 0 Å². The van der Waals surface area contributed by atoms with E-state index in [-0.39, 0.29) is 5.97 Å². The van der Waals surface area contributed by atoms with Crippen LogP contribution in [0.4, 0.5) is 0 Å². The Hall–Kier alpha value is -1.32. The van der Waals surface area contributed by atoms with Crippen molar-refractivity contribution in [1.82, 2.24) is 4.90 Å². The van der Waals surface area contributed by atoms with Crippen molar-refractivity contribution in [2.24, 2.45) is 0 Å². The number of ether oxygens (including phenoxy) is 1. The van der Waals surface area contributed by atoms with Gasteiger partial charge in [0.05, 0.1) is 5.02 Å². The van der Waals surface area contributed by atoms with E-state index in [1.807, 2.05) is 18.2 Å². The molecule has 0 amide bonds. The van der Waals surface area contributed by atoms with Gasteiger partial charge in [0.25, 0.3) is 0 Å². The lowest BCUT2D eigenvalue weighted by Crippen LogP contribution is -2.23. The van der Waals surface area contributed by atoms with Crippen LogP contribution in [0.1, 0.15) is 30.4 Å². The van der Waals surface area contributed by atoms with Crippen molar-refractivity contribution in [3.63, 3.8) is 0 Å². The molecule has 1 heterocycles. The third kappa shape index (κ3) is 3.41. The van der Waals surface area contributed by atoms with Crippen LogP contribution in [0.5, 0.6) is 5.75 Å². The van der Waals surface area contributed by atoms with E-state index in [2.05, 4.69) is 18.5 Å². The minimum atomic E-state index is -0.349. The lowest BCUT2D eigenvalue weighted by atomic mass is 9.91. The van der Waals surface area contributed by atoms with Gasteiger partial charge < -0.3 is 9.64 Å². The summed E-state index contributed by atoms with van der Waals surface area (Å²) in [5.74, 6) is 0.468. The number of carbonyl (C=O) groups is 1. The van der Waals surface area contributed by atoms with Gasteiger partial charge in [-0.2, -0.15) is 0 Å². The smallest absolute Gasteiger partial charge is 0.308 e. The van der Waals surface area contributed by atoms with E-state index < -0.39 is 0 Å². The highest BCUT2D eigenvalue weighted by Gasteiger charge is 2.22. The van der Waals surface area contributed by atoms with Gasteiger partial charge in [-0.05, 0) is 43.1 Å². The first-order valence-corrected chi connectivity index (χ1v) is 7.19. The van der Waals surface area contributed by atoms with Gasteiger partial charge >= 0.3 is 5.97 Å². The Balaban J connectivity index is 2.43. The molecule has 1 unspecified atom stereocenters. The first-order valence-electron chi connectivity index (χ1n) is 6.81. The van der Waals surface area contributed by atoms with Crippen LogP contribution in [0.25, 0.3) is 0 Å². The number of likely N-dealkylation sites (N-methyl/N-ethyl adjacent to an activating group) is 1. The molecule has 0 bridgehead atoms. The van der Waals surface area contributed by atoms with Crippen LogP contribution >= 0.6 is 11.6 Å². The maximum Gasteiger partial charge on any atom is 0.308 e. The summed E-state index contributed by atoms with van der Waals surface area (Å²) in [4.78, 5) is 13.5. The molecule has 1 aromatic carbocycles. The third-order valence-corrected chi connectivity index (χ3v) is 3.93. The van der Waals surface area contributed by atoms with E-state index in [0.717, 1.165) is 25.9 Å². The summed E-state index contributed by atoms with van der Waals surface area (Å²) in [7, 11) is 2.12. The Bertz CT molecular complexity index is 527. The zero-order chi connectivity index (χ0) is 14.7. The number of hydrogen-bond donors (Lipinski definition) is 0. The number of rotatable bonds is 3. The van der Waals surface area contributed by atoms with Crippen LogP contribution in [0.2, 0.25) is 5.02 Å². The second-order valence-electron chi connectivity index (χ2n) is 5.31. The Morgan fingerprint density at radius 1 is 1.60 bits per heavy atom.